The summed E-state index contributed by atoms with van der Waals surface area (Å²) in [6.07, 6.45) is 4.19. The molecule has 1 aliphatic carbocycles. The number of hydrogen-bond acceptors (Lipinski definition) is 5. The van der Waals surface area contributed by atoms with Crippen LogP contribution in [0.5, 0.6) is 5.75 Å². The van der Waals surface area contributed by atoms with Crippen LogP contribution in [0.1, 0.15) is 42.5 Å². The first kappa shape index (κ1) is 16.8. The summed E-state index contributed by atoms with van der Waals surface area (Å²) in [6, 6.07) is 8.61. The molecule has 6 nitrogen and oxygen atoms in total. The van der Waals surface area contributed by atoms with E-state index in [4.69, 9.17) is 9.47 Å². The number of nitrogens with one attached hydrogen (secondary N) is 1. The molecule has 1 saturated carbocycles. The van der Waals surface area contributed by atoms with Gasteiger partial charge in [-0.2, -0.15) is 5.26 Å². The SMILES string of the molecule is COc1ccc(C(=O)OCC(=O)NC2(C#N)CCCCC2)cc1. The summed E-state index contributed by atoms with van der Waals surface area (Å²) in [4.78, 5) is 23.8. The molecule has 0 atom stereocenters. The summed E-state index contributed by atoms with van der Waals surface area (Å²) in [5.74, 6) is -0.402. The van der Waals surface area contributed by atoms with E-state index in [1.807, 2.05) is 0 Å². The van der Waals surface area contributed by atoms with E-state index in [1.165, 1.54) is 7.11 Å². The highest BCUT2D eigenvalue weighted by Crippen LogP contribution is 2.27. The quantitative estimate of drug-likeness (QED) is 0.841. The maximum absolute atomic E-state index is 12.0. The Morgan fingerprint density at radius 2 is 1.87 bits per heavy atom. The molecule has 1 aromatic carbocycles. The Morgan fingerprint density at radius 1 is 1.22 bits per heavy atom. The monoisotopic (exact) mass is 316 g/mol. The predicted molar refractivity (Wildman–Crippen MR) is 82.8 cm³/mol. The zero-order chi connectivity index (χ0) is 16.7. The largest absolute Gasteiger partial charge is 0.497 e. The molecule has 0 unspecified atom stereocenters. The Kier molecular flexibility index (Phi) is 5.58. The van der Waals surface area contributed by atoms with Crippen molar-refractivity contribution in [1.82, 2.24) is 5.32 Å². The third kappa shape index (κ3) is 4.46. The average molecular weight is 316 g/mol. The highest BCUT2D eigenvalue weighted by molar-refractivity contribution is 5.91. The van der Waals surface area contributed by atoms with Gasteiger partial charge in [0.05, 0.1) is 18.7 Å². The molecule has 2 rings (SSSR count). The summed E-state index contributed by atoms with van der Waals surface area (Å²) >= 11 is 0. The number of nitriles is 1. The van der Waals surface area contributed by atoms with Gasteiger partial charge in [-0.1, -0.05) is 19.3 Å². The van der Waals surface area contributed by atoms with Crippen molar-refractivity contribution >= 4 is 11.9 Å². The molecule has 0 aromatic heterocycles. The van der Waals surface area contributed by atoms with Crippen LogP contribution >= 0.6 is 0 Å². The van der Waals surface area contributed by atoms with Crippen LogP contribution in [0.3, 0.4) is 0 Å². The second kappa shape index (κ2) is 7.63. The van der Waals surface area contributed by atoms with Gasteiger partial charge in [-0.3, -0.25) is 4.79 Å². The molecule has 0 heterocycles. The zero-order valence-corrected chi connectivity index (χ0v) is 13.1. The lowest BCUT2D eigenvalue weighted by Gasteiger charge is -2.31. The fourth-order valence-electron chi connectivity index (χ4n) is 2.66. The summed E-state index contributed by atoms with van der Waals surface area (Å²) in [7, 11) is 1.54. The normalized spacial score (nSPS) is 16.0. The fourth-order valence-corrected chi connectivity index (χ4v) is 2.66. The van der Waals surface area contributed by atoms with Gasteiger partial charge in [0.15, 0.2) is 6.61 Å². The highest BCUT2D eigenvalue weighted by atomic mass is 16.5. The minimum Gasteiger partial charge on any atom is -0.497 e. The number of ether oxygens (including phenoxy) is 2. The smallest absolute Gasteiger partial charge is 0.338 e. The molecule has 0 radical (unpaired) electrons. The first-order valence-corrected chi connectivity index (χ1v) is 7.62. The molecular weight excluding hydrogens is 296 g/mol. The standard InChI is InChI=1S/C17H20N2O4/c1-22-14-7-5-13(6-8-14)16(21)23-11-15(20)19-17(12-18)9-3-2-4-10-17/h5-8H,2-4,9-11H2,1H3,(H,19,20). The van der Waals surface area contributed by atoms with Gasteiger partial charge in [0.1, 0.15) is 11.3 Å². The van der Waals surface area contributed by atoms with Crippen LogP contribution in [0.15, 0.2) is 24.3 Å². The average Bonchev–Trinajstić information content (AvgIpc) is 2.60. The fraction of sp³-hybridized carbons (Fsp3) is 0.471. The van der Waals surface area contributed by atoms with Crippen LogP contribution in [0, 0.1) is 11.3 Å². The molecule has 0 saturated heterocycles. The molecule has 122 valence electrons. The third-order valence-electron chi connectivity index (χ3n) is 3.96. The topological polar surface area (TPSA) is 88.4 Å². The molecule has 1 fully saturated rings. The van der Waals surface area contributed by atoms with E-state index in [1.54, 1.807) is 24.3 Å². The van der Waals surface area contributed by atoms with Crippen molar-refractivity contribution in [2.45, 2.75) is 37.6 Å². The van der Waals surface area contributed by atoms with E-state index in [2.05, 4.69) is 11.4 Å². The van der Waals surface area contributed by atoms with E-state index in [-0.39, 0.29) is 0 Å². The minimum absolute atomic E-state index is 0.339. The number of rotatable bonds is 5. The molecule has 6 heteroatoms. The van der Waals surface area contributed by atoms with Gasteiger partial charge in [0.2, 0.25) is 0 Å². The Bertz CT molecular complexity index is 598. The zero-order valence-electron chi connectivity index (χ0n) is 13.1. The number of esters is 1. The van der Waals surface area contributed by atoms with Crippen LogP contribution in [-0.2, 0) is 9.53 Å². The number of nitrogens with zero attached hydrogens (tertiary/aromatic N) is 1. The predicted octanol–water partition coefficient (Wildman–Crippen LogP) is 2.19. The summed E-state index contributed by atoms with van der Waals surface area (Å²) < 4.78 is 10.0. The van der Waals surface area contributed by atoms with Gasteiger partial charge in [-0.15, -0.1) is 0 Å². The van der Waals surface area contributed by atoms with Crippen LogP contribution in [-0.4, -0.2) is 31.1 Å². The molecule has 1 N–H and O–H groups in total. The van der Waals surface area contributed by atoms with Crippen molar-refractivity contribution in [3.05, 3.63) is 29.8 Å². The summed E-state index contributed by atoms with van der Waals surface area (Å²) in [5, 5.41) is 12.0. The molecule has 1 aliphatic rings. The van der Waals surface area contributed by atoms with E-state index < -0.39 is 24.0 Å². The molecule has 0 aliphatic heterocycles. The molecular formula is C17H20N2O4. The van der Waals surface area contributed by atoms with Crippen LogP contribution in [0.2, 0.25) is 0 Å². The number of carbonyl (C=O) groups excluding carboxylic acids is 2. The van der Waals surface area contributed by atoms with Gasteiger partial charge >= 0.3 is 5.97 Å². The van der Waals surface area contributed by atoms with Crippen LogP contribution in [0.25, 0.3) is 0 Å². The number of methoxy groups -OCH3 is 1. The number of benzene rings is 1. The molecule has 0 bridgehead atoms. The molecule has 1 aromatic rings. The van der Waals surface area contributed by atoms with Crippen molar-refractivity contribution in [3.8, 4) is 11.8 Å². The highest BCUT2D eigenvalue weighted by Gasteiger charge is 2.33. The van der Waals surface area contributed by atoms with Crippen molar-refractivity contribution in [1.29, 1.82) is 5.26 Å². The van der Waals surface area contributed by atoms with E-state index in [0.29, 0.717) is 24.2 Å². The minimum atomic E-state index is -0.818. The lowest BCUT2D eigenvalue weighted by atomic mass is 9.83. The van der Waals surface area contributed by atoms with E-state index >= 15 is 0 Å². The summed E-state index contributed by atoms with van der Waals surface area (Å²) in [5.41, 5.74) is -0.478. The summed E-state index contributed by atoms with van der Waals surface area (Å²) in [6.45, 7) is -0.395. The third-order valence-corrected chi connectivity index (χ3v) is 3.96. The van der Waals surface area contributed by atoms with Gasteiger partial charge in [-0.05, 0) is 37.1 Å². The van der Waals surface area contributed by atoms with Crippen LogP contribution < -0.4 is 10.1 Å². The Morgan fingerprint density at radius 3 is 2.43 bits per heavy atom. The Balaban J connectivity index is 1.85. The molecule has 1 amide bonds. The first-order valence-electron chi connectivity index (χ1n) is 7.62. The maximum Gasteiger partial charge on any atom is 0.338 e. The van der Waals surface area contributed by atoms with Gasteiger partial charge in [0.25, 0.3) is 5.91 Å². The van der Waals surface area contributed by atoms with Crippen molar-refractivity contribution in [3.63, 3.8) is 0 Å². The van der Waals surface area contributed by atoms with Gasteiger partial charge in [-0.25, -0.2) is 4.79 Å². The maximum atomic E-state index is 12.0. The van der Waals surface area contributed by atoms with E-state index in [9.17, 15) is 14.9 Å². The van der Waals surface area contributed by atoms with Gasteiger partial charge < -0.3 is 14.8 Å². The second-order valence-corrected chi connectivity index (χ2v) is 5.61. The van der Waals surface area contributed by atoms with E-state index in [0.717, 1.165) is 19.3 Å². The number of carbonyl (C=O) groups is 2. The Labute approximate surface area is 135 Å². The number of amides is 1. The van der Waals surface area contributed by atoms with Gasteiger partial charge in [0, 0.05) is 0 Å². The second-order valence-electron chi connectivity index (χ2n) is 5.61. The van der Waals surface area contributed by atoms with Crippen molar-refractivity contribution in [2.24, 2.45) is 0 Å². The Hall–Kier alpha value is -2.55. The van der Waals surface area contributed by atoms with Crippen molar-refractivity contribution < 1.29 is 19.1 Å². The van der Waals surface area contributed by atoms with Crippen molar-refractivity contribution in [2.75, 3.05) is 13.7 Å². The lowest BCUT2D eigenvalue weighted by Crippen LogP contribution is -2.50. The molecule has 23 heavy (non-hydrogen) atoms. The molecule has 0 spiro atoms. The lowest BCUT2D eigenvalue weighted by molar-refractivity contribution is -0.125. The first-order chi connectivity index (χ1) is 11.1. The number of hydrogen-bond donors (Lipinski definition) is 1. The van der Waals surface area contributed by atoms with Crippen LogP contribution in [0.4, 0.5) is 0 Å².